The number of hydrogen-bond donors (Lipinski definition) is 2. The number of nitrogens with one attached hydrogen (secondary N) is 1. The first kappa shape index (κ1) is 11.7. The van der Waals surface area contributed by atoms with Crippen molar-refractivity contribution in [3.05, 3.63) is 35.7 Å². The fraction of sp³-hybridized carbons (Fsp3) is 0.0833. The lowest BCUT2D eigenvalue weighted by Gasteiger charge is -1.89. The van der Waals surface area contributed by atoms with Crippen LogP contribution in [0.25, 0.3) is 21.8 Å². The number of hydrogen-bond acceptors (Lipinski definition) is 4. The van der Waals surface area contributed by atoms with Gasteiger partial charge in [-0.1, -0.05) is 0 Å². The Morgan fingerprint density at radius 2 is 2.32 bits per heavy atom. The molecule has 0 saturated heterocycles. The van der Waals surface area contributed by atoms with Gasteiger partial charge in [0, 0.05) is 35.9 Å². The van der Waals surface area contributed by atoms with E-state index < -0.39 is 5.97 Å². The highest BCUT2D eigenvalue weighted by Crippen LogP contribution is 2.28. The zero-order valence-electron chi connectivity index (χ0n) is 9.99. The number of aryl methyl sites for hydroxylation is 1. The molecule has 0 bridgehead atoms. The maximum Gasteiger partial charge on any atom is 0.352 e. The van der Waals surface area contributed by atoms with Gasteiger partial charge in [0.2, 0.25) is 0 Å². The molecule has 19 heavy (non-hydrogen) atoms. The quantitative estimate of drug-likeness (QED) is 0.767. The van der Waals surface area contributed by atoms with Crippen LogP contribution >= 0.6 is 11.3 Å². The van der Waals surface area contributed by atoms with E-state index in [-0.39, 0.29) is 5.69 Å². The number of rotatable bonds is 3. The number of aromatic amines is 1. The summed E-state index contributed by atoms with van der Waals surface area (Å²) in [6.45, 7) is 0. The Kier molecular flexibility index (Phi) is 2.68. The Hall–Kier alpha value is -2.41. The minimum Gasteiger partial charge on any atom is -0.477 e. The summed E-state index contributed by atoms with van der Waals surface area (Å²) in [6, 6.07) is 1.57. The molecule has 0 atom stereocenters. The van der Waals surface area contributed by atoms with E-state index >= 15 is 0 Å². The second-order valence-electron chi connectivity index (χ2n) is 4.05. The molecule has 0 fully saturated rings. The molecule has 0 aliphatic rings. The van der Waals surface area contributed by atoms with Crippen molar-refractivity contribution in [2.45, 2.75) is 0 Å². The summed E-state index contributed by atoms with van der Waals surface area (Å²) < 4.78 is 1.72. The molecule has 7 heteroatoms. The van der Waals surface area contributed by atoms with Gasteiger partial charge in [-0.05, 0) is 6.07 Å². The number of carbonyl (C=O) groups is 1. The molecule has 96 valence electrons. The maximum atomic E-state index is 10.8. The summed E-state index contributed by atoms with van der Waals surface area (Å²) >= 11 is 1.50. The normalized spacial score (nSPS) is 10.8. The van der Waals surface area contributed by atoms with Crippen LogP contribution in [0, 0.1) is 0 Å². The molecule has 0 aliphatic heterocycles. The van der Waals surface area contributed by atoms with Crippen LogP contribution in [0.4, 0.5) is 0 Å². The molecule has 6 nitrogen and oxygen atoms in total. The summed E-state index contributed by atoms with van der Waals surface area (Å²) in [5, 5.41) is 15.7. The van der Waals surface area contributed by atoms with Crippen LogP contribution in [0.3, 0.4) is 0 Å². The monoisotopic (exact) mass is 274 g/mol. The molecule has 3 aromatic rings. The molecule has 3 aromatic heterocycles. The van der Waals surface area contributed by atoms with Crippen LogP contribution < -0.4 is 0 Å². The highest BCUT2D eigenvalue weighted by Gasteiger charge is 2.11. The Labute approximate surface area is 112 Å². The highest BCUT2D eigenvalue weighted by atomic mass is 32.1. The lowest BCUT2D eigenvalue weighted by molar-refractivity contribution is 0.0691. The molecule has 0 spiro atoms. The molecular formula is C12H10N4O2S. The Balaban J connectivity index is 1.94. The third-order valence-electron chi connectivity index (χ3n) is 2.67. The van der Waals surface area contributed by atoms with Crippen molar-refractivity contribution in [1.82, 2.24) is 19.7 Å². The Bertz CT molecular complexity index is 740. The largest absolute Gasteiger partial charge is 0.477 e. The summed E-state index contributed by atoms with van der Waals surface area (Å²) in [6.07, 6.45) is 5.29. The molecule has 0 aliphatic carbocycles. The van der Waals surface area contributed by atoms with Crippen molar-refractivity contribution in [1.29, 1.82) is 0 Å². The van der Waals surface area contributed by atoms with Crippen LogP contribution in [0.15, 0.2) is 30.0 Å². The molecule has 0 amide bonds. The predicted molar refractivity (Wildman–Crippen MR) is 71.1 cm³/mol. The van der Waals surface area contributed by atoms with E-state index in [0.29, 0.717) is 0 Å². The number of aromatic carboxylic acids is 1. The first-order valence-electron chi connectivity index (χ1n) is 5.50. The average Bonchev–Trinajstić information content (AvgIpc) is 3.07. The van der Waals surface area contributed by atoms with Crippen LogP contribution in [-0.2, 0) is 7.05 Å². The van der Waals surface area contributed by atoms with Gasteiger partial charge in [0.25, 0.3) is 0 Å². The second-order valence-corrected chi connectivity index (χ2v) is 4.91. The van der Waals surface area contributed by atoms with E-state index in [2.05, 4.69) is 15.1 Å². The maximum absolute atomic E-state index is 10.8. The first-order valence-corrected chi connectivity index (χ1v) is 6.38. The molecule has 0 aromatic carbocycles. The molecule has 0 radical (unpaired) electrons. The van der Waals surface area contributed by atoms with Gasteiger partial charge in [-0.25, -0.2) is 9.78 Å². The first-order chi connectivity index (χ1) is 9.13. The van der Waals surface area contributed by atoms with Gasteiger partial charge in [0.05, 0.1) is 11.9 Å². The number of thiazole rings is 1. The van der Waals surface area contributed by atoms with Crippen LogP contribution in [0.2, 0.25) is 0 Å². The van der Waals surface area contributed by atoms with Gasteiger partial charge >= 0.3 is 5.97 Å². The lowest BCUT2D eigenvalue weighted by Crippen LogP contribution is -1.94. The predicted octanol–water partition coefficient (Wildman–Crippen LogP) is 2.24. The SMILES string of the molecule is Cn1cc(-c2nc(-c3c[nH]c(C(=O)O)c3)cs2)cn1. The lowest BCUT2D eigenvalue weighted by atomic mass is 10.2. The van der Waals surface area contributed by atoms with E-state index in [0.717, 1.165) is 21.8 Å². The Morgan fingerprint density at radius 1 is 1.47 bits per heavy atom. The van der Waals surface area contributed by atoms with Crippen molar-refractivity contribution in [3.63, 3.8) is 0 Å². The third-order valence-corrected chi connectivity index (χ3v) is 3.56. The van der Waals surface area contributed by atoms with Gasteiger partial charge in [-0.3, -0.25) is 4.68 Å². The summed E-state index contributed by atoms with van der Waals surface area (Å²) in [5.74, 6) is -0.978. The van der Waals surface area contributed by atoms with Crippen LogP contribution in [0.1, 0.15) is 10.5 Å². The van der Waals surface area contributed by atoms with Crippen molar-refractivity contribution in [3.8, 4) is 21.8 Å². The smallest absolute Gasteiger partial charge is 0.352 e. The van der Waals surface area contributed by atoms with E-state index in [4.69, 9.17) is 5.11 Å². The van der Waals surface area contributed by atoms with Gasteiger partial charge in [0.1, 0.15) is 10.7 Å². The summed E-state index contributed by atoms with van der Waals surface area (Å²) in [5.41, 5.74) is 2.63. The minimum atomic E-state index is -0.978. The van der Waals surface area contributed by atoms with Crippen molar-refractivity contribution < 1.29 is 9.90 Å². The van der Waals surface area contributed by atoms with Crippen LogP contribution in [0.5, 0.6) is 0 Å². The van der Waals surface area contributed by atoms with Crippen molar-refractivity contribution in [2.24, 2.45) is 7.05 Å². The average molecular weight is 274 g/mol. The number of carboxylic acid groups (broad SMARTS) is 1. The molecule has 3 rings (SSSR count). The van der Waals surface area contributed by atoms with Crippen molar-refractivity contribution in [2.75, 3.05) is 0 Å². The van der Waals surface area contributed by atoms with E-state index in [1.165, 1.54) is 11.3 Å². The molecule has 3 heterocycles. The third kappa shape index (κ3) is 2.15. The van der Waals surface area contributed by atoms with Gasteiger partial charge in [-0.15, -0.1) is 11.3 Å². The van der Waals surface area contributed by atoms with Crippen molar-refractivity contribution >= 4 is 17.3 Å². The standard InChI is InChI=1S/C12H10N4O2S/c1-16-5-8(4-14-16)11-15-10(6-19-11)7-2-9(12(17)18)13-3-7/h2-6,13H,1H3,(H,17,18). The van der Waals surface area contributed by atoms with Gasteiger partial charge in [0.15, 0.2) is 0 Å². The number of aromatic nitrogens is 4. The molecule has 2 N–H and O–H groups in total. The molecule has 0 unspecified atom stereocenters. The number of nitrogens with zero attached hydrogens (tertiary/aromatic N) is 3. The van der Waals surface area contributed by atoms with E-state index in [1.807, 2.05) is 18.6 Å². The second kappa shape index (κ2) is 4.36. The number of carboxylic acids is 1. The Morgan fingerprint density at radius 3 is 2.95 bits per heavy atom. The fourth-order valence-electron chi connectivity index (χ4n) is 1.74. The van der Waals surface area contributed by atoms with E-state index in [9.17, 15) is 4.79 Å². The van der Waals surface area contributed by atoms with Gasteiger partial charge < -0.3 is 10.1 Å². The number of H-pyrrole nitrogens is 1. The van der Waals surface area contributed by atoms with E-state index in [1.54, 1.807) is 23.1 Å². The fourth-order valence-corrected chi connectivity index (χ4v) is 2.54. The highest BCUT2D eigenvalue weighted by molar-refractivity contribution is 7.13. The van der Waals surface area contributed by atoms with Gasteiger partial charge in [-0.2, -0.15) is 5.10 Å². The van der Waals surface area contributed by atoms with Crippen LogP contribution in [-0.4, -0.2) is 30.8 Å². The minimum absolute atomic E-state index is 0.158. The molecule has 0 saturated carbocycles. The molecular weight excluding hydrogens is 264 g/mol. The summed E-state index contributed by atoms with van der Waals surface area (Å²) in [4.78, 5) is 18.0. The summed E-state index contributed by atoms with van der Waals surface area (Å²) in [7, 11) is 1.85. The zero-order valence-corrected chi connectivity index (χ0v) is 10.8. The topological polar surface area (TPSA) is 83.8 Å². The zero-order chi connectivity index (χ0) is 13.4.